The second kappa shape index (κ2) is 3.05. The molecule has 0 fully saturated rings. The second-order valence-electron chi connectivity index (χ2n) is 1.91. The van der Waals surface area contributed by atoms with Crippen LogP contribution in [0.1, 0.15) is 0 Å². The first kappa shape index (κ1) is 8.90. The molecular formula is C6H5ClO2S2. The summed E-state index contributed by atoms with van der Waals surface area (Å²) >= 11 is 3.93. The van der Waals surface area contributed by atoms with Crippen molar-refractivity contribution in [2.24, 2.45) is 0 Å². The van der Waals surface area contributed by atoms with Gasteiger partial charge in [0.05, 0.1) is 4.90 Å². The highest BCUT2D eigenvalue weighted by Crippen LogP contribution is 2.21. The normalized spacial score (nSPS) is 11.5. The maximum absolute atomic E-state index is 10.8. The Morgan fingerprint density at radius 2 is 1.82 bits per heavy atom. The van der Waals surface area contributed by atoms with Crippen LogP contribution in [0.3, 0.4) is 0 Å². The van der Waals surface area contributed by atoms with Crippen molar-refractivity contribution in [3.63, 3.8) is 0 Å². The number of hydrogen-bond donors (Lipinski definition) is 1. The molecular weight excluding hydrogens is 204 g/mol. The minimum absolute atomic E-state index is 0.0463. The van der Waals surface area contributed by atoms with E-state index in [1.165, 1.54) is 6.07 Å². The van der Waals surface area contributed by atoms with Gasteiger partial charge in [0, 0.05) is 15.6 Å². The molecule has 0 radical (unpaired) electrons. The predicted octanol–water partition coefficient (Wildman–Crippen LogP) is 1.90. The first-order chi connectivity index (χ1) is 5.02. The Bertz CT molecular complexity index is 359. The molecule has 0 heterocycles. The smallest absolute Gasteiger partial charge is 0.207 e. The molecule has 0 amide bonds. The van der Waals surface area contributed by atoms with Crippen molar-refractivity contribution in [1.29, 1.82) is 0 Å². The lowest BCUT2D eigenvalue weighted by Crippen LogP contribution is -1.90. The zero-order chi connectivity index (χ0) is 8.48. The van der Waals surface area contributed by atoms with Gasteiger partial charge in [-0.3, -0.25) is 0 Å². The summed E-state index contributed by atoms with van der Waals surface area (Å²) in [4.78, 5) is 0.410. The van der Waals surface area contributed by atoms with Crippen LogP contribution in [0.15, 0.2) is 34.1 Å². The molecule has 1 aromatic carbocycles. The Morgan fingerprint density at radius 3 is 2.18 bits per heavy atom. The molecule has 0 bridgehead atoms. The van der Waals surface area contributed by atoms with Crippen LogP contribution in [-0.2, 0) is 9.05 Å². The van der Waals surface area contributed by atoms with Crippen LogP contribution in [0, 0.1) is 0 Å². The Morgan fingerprint density at radius 1 is 1.27 bits per heavy atom. The topological polar surface area (TPSA) is 34.1 Å². The predicted molar refractivity (Wildman–Crippen MR) is 46.7 cm³/mol. The average Bonchev–Trinajstić information content (AvgIpc) is 1.86. The molecule has 0 saturated carbocycles. The van der Waals surface area contributed by atoms with Gasteiger partial charge in [-0.05, 0) is 12.1 Å². The number of benzene rings is 1. The zero-order valence-electron chi connectivity index (χ0n) is 5.36. The van der Waals surface area contributed by atoms with E-state index in [2.05, 4.69) is 12.6 Å². The Kier molecular flexibility index (Phi) is 2.47. The van der Waals surface area contributed by atoms with Gasteiger partial charge in [0.2, 0.25) is 0 Å². The maximum atomic E-state index is 10.8. The number of hydrogen-bond acceptors (Lipinski definition) is 3. The van der Waals surface area contributed by atoms with Crippen molar-refractivity contribution in [3.05, 3.63) is 24.3 Å². The monoisotopic (exact) mass is 208 g/mol. The van der Waals surface area contributed by atoms with E-state index in [0.29, 0.717) is 4.90 Å². The molecule has 1 rings (SSSR count). The summed E-state index contributed by atoms with van der Waals surface area (Å²) in [5.41, 5.74) is 0. The SMILES string of the molecule is O=S(=O)(Cl)c1ccccc1S. The third-order valence-electron chi connectivity index (χ3n) is 1.13. The highest BCUT2D eigenvalue weighted by molar-refractivity contribution is 8.14. The van der Waals surface area contributed by atoms with Gasteiger partial charge in [0.1, 0.15) is 0 Å². The van der Waals surface area contributed by atoms with Crippen LogP contribution in [0.4, 0.5) is 0 Å². The van der Waals surface area contributed by atoms with Crippen molar-refractivity contribution in [3.8, 4) is 0 Å². The van der Waals surface area contributed by atoms with E-state index in [0.717, 1.165) is 0 Å². The molecule has 0 saturated heterocycles. The van der Waals surface area contributed by atoms with Crippen LogP contribution in [-0.4, -0.2) is 8.42 Å². The number of thiol groups is 1. The summed E-state index contributed by atoms with van der Waals surface area (Å²) in [6.07, 6.45) is 0. The van der Waals surface area contributed by atoms with Gasteiger partial charge in [-0.15, -0.1) is 12.6 Å². The molecule has 11 heavy (non-hydrogen) atoms. The summed E-state index contributed by atoms with van der Waals surface area (Å²) in [6.45, 7) is 0. The molecule has 1 aromatic rings. The fourth-order valence-corrected chi connectivity index (χ4v) is 2.31. The number of rotatable bonds is 1. The molecule has 60 valence electrons. The van der Waals surface area contributed by atoms with E-state index in [1.54, 1.807) is 18.2 Å². The maximum Gasteiger partial charge on any atom is 0.262 e. The standard InChI is InChI=1S/C6H5ClO2S2/c7-11(8,9)6-4-2-1-3-5(6)10/h1-4,10H. The van der Waals surface area contributed by atoms with Gasteiger partial charge in [-0.25, -0.2) is 8.42 Å². The summed E-state index contributed by atoms with van der Waals surface area (Å²) in [5.74, 6) is 0. The molecule has 2 nitrogen and oxygen atoms in total. The third-order valence-corrected chi connectivity index (χ3v) is 3.05. The van der Waals surface area contributed by atoms with E-state index < -0.39 is 9.05 Å². The van der Waals surface area contributed by atoms with Crippen LogP contribution in [0.5, 0.6) is 0 Å². The molecule has 0 aliphatic carbocycles. The van der Waals surface area contributed by atoms with Crippen LogP contribution in [0.25, 0.3) is 0 Å². The first-order valence-electron chi connectivity index (χ1n) is 2.74. The summed E-state index contributed by atoms with van der Waals surface area (Å²) in [5, 5.41) is 0. The average molecular weight is 209 g/mol. The first-order valence-corrected chi connectivity index (χ1v) is 5.50. The van der Waals surface area contributed by atoms with Gasteiger partial charge in [0.15, 0.2) is 0 Å². The molecule has 5 heteroatoms. The van der Waals surface area contributed by atoms with E-state index in [1.807, 2.05) is 0 Å². The third kappa shape index (κ3) is 2.12. The molecule has 0 aliphatic heterocycles. The quantitative estimate of drug-likeness (QED) is 0.565. The van der Waals surface area contributed by atoms with Crippen molar-refractivity contribution < 1.29 is 8.42 Å². The second-order valence-corrected chi connectivity index (χ2v) is 4.92. The lowest BCUT2D eigenvalue weighted by atomic mass is 10.4. The molecule has 0 aliphatic rings. The van der Waals surface area contributed by atoms with Gasteiger partial charge >= 0.3 is 0 Å². The highest BCUT2D eigenvalue weighted by Gasteiger charge is 2.11. The fourth-order valence-electron chi connectivity index (χ4n) is 0.663. The van der Waals surface area contributed by atoms with Crippen LogP contribution >= 0.6 is 23.3 Å². The largest absolute Gasteiger partial charge is 0.262 e. The Hall–Kier alpha value is -0.190. The van der Waals surface area contributed by atoms with E-state index in [9.17, 15) is 8.42 Å². The van der Waals surface area contributed by atoms with Gasteiger partial charge in [-0.1, -0.05) is 12.1 Å². The van der Waals surface area contributed by atoms with Crippen molar-refractivity contribution in [2.75, 3.05) is 0 Å². The Labute approximate surface area is 75.0 Å². The van der Waals surface area contributed by atoms with Gasteiger partial charge in [-0.2, -0.15) is 0 Å². The number of halogens is 1. The fraction of sp³-hybridized carbons (Fsp3) is 0. The molecule has 0 spiro atoms. The van der Waals surface area contributed by atoms with Gasteiger partial charge in [0.25, 0.3) is 9.05 Å². The van der Waals surface area contributed by atoms with Gasteiger partial charge < -0.3 is 0 Å². The van der Waals surface area contributed by atoms with Crippen molar-refractivity contribution in [1.82, 2.24) is 0 Å². The Balaban J connectivity index is 3.37. The molecule has 0 atom stereocenters. The minimum atomic E-state index is -3.64. The lowest BCUT2D eigenvalue weighted by molar-refractivity contribution is 0.608. The minimum Gasteiger partial charge on any atom is -0.207 e. The van der Waals surface area contributed by atoms with E-state index in [4.69, 9.17) is 10.7 Å². The molecule has 0 aromatic heterocycles. The summed E-state index contributed by atoms with van der Waals surface area (Å²) in [6, 6.07) is 6.26. The molecule has 0 N–H and O–H groups in total. The molecule has 0 unspecified atom stereocenters. The van der Waals surface area contributed by atoms with Crippen molar-refractivity contribution >= 4 is 32.4 Å². The van der Waals surface area contributed by atoms with E-state index >= 15 is 0 Å². The zero-order valence-corrected chi connectivity index (χ0v) is 7.83. The summed E-state index contributed by atoms with van der Waals surface area (Å²) in [7, 11) is 1.45. The van der Waals surface area contributed by atoms with Crippen molar-refractivity contribution in [2.45, 2.75) is 9.79 Å². The van der Waals surface area contributed by atoms with Crippen LogP contribution < -0.4 is 0 Å². The van der Waals surface area contributed by atoms with Crippen LogP contribution in [0.2, 0.25) is 0 Å². The highest BCUT2D eigenvalue weighted by atomic mass is 35.7. The lowest BCUT2D eigenvalue weighted by Gasteiger charge is -1.97. The van der Waals surface area contributed by atoms with E-state index in [-0.39, 0.29) is 4.90 Å². The summed E-state index contributed by atoms with van der Waals surface area (Å²) < 4.78 is 21.5.